The number of hydrogen-bond acceptors (Lipinski definition) is 4. The molecule has 2 aromatic rings. The van der Waals surface area contributed by atoms with E-state index in [1.54, 1.807) is 25.1 Å². The van der Waals surface area contributed by atoms with Gasteiger partial charge in [-0.1, -0.05) is 17.7 Å². The minimum atomic E-state index is -0.245. The highest BCUT2D eigenvalue weighted by atomic mass is 35.5. The summed E-state index contributed by atoms with van der Waals surface area (Å²) in [6, 6.07) is 5.34. The molecule has 0 amide bonds. The van der Waals surface area contributed by atoms with Crippen molar-refractivity contribution in [2.75, 3.05) is 14.2 Å². The molecule has 1 unspecified atom stereocenters. The zero-order valence-electron chi connectivity index (χ0n) is 11.8. The Hall–Kier alpha value is -1.72. The number of nitrogens with two attached hydrogens (primary N) is 1. The van der Waals surface area contributed by atoms with Crippen molar-refractivity contribution in [2.24, 2.45) is 5.73 Å². The zero-order chi connectivity index (χ0) is 14.7. The number of rotatable bonds is 5. The molecular formula is C14H18ClN3O2. The lowest BCUT2D eigenvalue weighted by atomic mass is 10.1. The van der Waals surface area contributed by atoms with Crippen LogP contribution in [-0.4, -0.2) is 24.0 Å². The van der Waals surface area contributed by atoms with Gasteiger partial charge in [0.2, 0.25) is 0 Å². The van der Waals surface area contributed by atoms with Gasteiger partial charge in [-0.2, -0.15) is 5.10 Å². The molecule has 1 atom stereocenters. The molecule has 108 valence electrons. The summed E-state index contributed by atoms with van der Waals surface area (Å²) < 4.78 is 12.3. The van der Waals surface area contributed by atoms with Crippen LogP contribution in [0, 0.1) is 6.92 Å². The van der Waals surface area contributed by atoms with Crippen molar-refractivity contribution in [3.63, 3.8) is 0 Å². The third kappa shape index (κ3) is 2.89. The van der Waals surface area contributed by atoms with E-state index >= 15 is 0 Å². The smallest absolute Gasteiger partial charge is 0.127 e. The fourth-order valence-electron chi connectivity index (χ4n) is 2.02. The first-order valence-corrected chi connectivity index (χ1v) is 6.60. The van der Waals surface area contributed by atoms with Gasteiger partial charge in [0.15, 0.2) is 0 Å². The van der Waals surface area contributed by atoms with E-state index in [-0.39, 0.29) is 6.04 Å². The van der Waals surface area contributed by atoms with Crippen LogP contribution in [0.4, 0.5) is 0 Å². The molecule has 2 rings (SSSR count). The van der Waals surface area contributed by atoms with Crippen molar-refractivity contribution < 1.29 is 9.47 Å². The molecule has 1 aromatic carbocycles. The summed E-state index contributed by atoms with van der Waals surface area (Å²) in [6.45, 7) is 2.44. The number of hydrogen-bond donors (Lipinski definition) is 1. The van der Waals surface area contributed by atoms with Gasteiger partial charge in [-0.3, -0.25) is 4.68 Å². The molecule has 2 N–H and O–H groups in total. The highest BCUT2D eigenvalue weighted by Crippen LogP contribution is 2.29. The fraction of sp³-hybridized carbons (Fsp3) is 0.357. The highest BCUT2D eigenvalue weighted by molar-refractivity contribution is 6.31. The monoisotopic (exact) mass is 295 g/mol. The number of ether oxygens (including phenoxy) is 2. The topological polar surface area (TPSA) is 62.3 Å². The van der Waals surface area contributed by atoms with Gasteiger partial charge < -0.3 is 15.2 Å². The van der Waals surface area contributed by atoms with E-state index in [1.807, 2.05) is 25.1 Å². The summed E-state index contributed by atoms with van der Waals surface area (Å²) in [5, 5.41) is 4.85. The third-order valence-corrected chi connectivity index (χ3v) is 3.62. The standard InChI is InChI=1S/C14H18ClN3O2/c1-9-12(15)7-17-18(9)8-13(16)11-5-4-10(19-2)6-14(11)20-3/h4-7,13H,8,16H2,1-3H3. The van der Waals surface area contributed by atoms with Crippen molar-refractivity contribution in [1.29, 1.82) is 0 Å². The van der Waals surface area contributed by atoms with Gasteiger partial charge >= 0.3 is 0 Å². The number of methoxy groups -OCH3 is 2. The lowest BCUT2D eigenvalue weighted by molar-refractivity contribution is 0.385. The van der Waals surface area contributed by atoms with Crippen LogP contribution in [0.3, 0.4) is 0 Å². The van der Waals surface area contributed by atoms with Gasteiger partial charge in [0.1, 0.15) is 11.5 Å². The lowest BCUT2D eigenvalue weighted by Gasteiger charge is -2.17. The maximum absolute atomic E-state index is 6.25. The van der Waals surface area contributed by atoms with Crippen LogP contribution in [0.2, 0.25) is 5.02 Å². The van der Waals surface area contributed by atoms with E-state index in [4.69, 9.17) is 26.8 Å². The number of benzene rings is 1. The summed E-state index contributed by atoms with van der Waals surface area (Å²) in [6.07, 6.45) is 1.62. The summed E-state index contributed by atoms with van der Waals surface area (Å²) in [5.41, 5.74) is 8.05. The van der Waals surface area contributed by atoms with Crippen LogP contribution in [0.1, 0.15) is 17.3 Å². The summed E-state index contributed by atoms with van der Waals surface area (Å²) in [5.74, 6) is 1.43. The Bertz CT molecular complexity index is 598. The van der Waals surface area contributed by atoms with Crippen LogP contribution in [0.15, 0.2) is 24.4 Å². The average Bonchev–Trinajstić information content (AvgIpc) is 2.78. The Morgan fingerprint density at radius 2 is 2.10 bits per heavy atom. The molecule has 0 bridgehead atoms. The molecule has 0 aliphatic rings. The number of aromatic nitrogens is 2. The summed E-state index contributed by atoms with van der Waals surface area (Å²) >= 11 is 5.99. The Kier molecular flexibility index (Phi) is 4.52. The second-order valence-electron chi connectivity index (χ2n) is 4.47. The van der Waals surface area contributed by atoms with Gasteiger partial charge in [-0.25, -0.2) is 0 Å². The Labute approximate surface area is 123 Å². The summed E-state index contributed by atoms with van der Waals surface area (Å²) in [7, 11) is 3.23. The molecule has 0 aliphatic carbocycles. The van der Waals surface area contributed by atoms with Crippen LogP contribution in [0.5, 0.6) is 11.5 Å². The molecule has 0 saturated heterocycles. The molecule has 0 spiro atoms. The Balaban J connectivity index is 2.24. The SMILES string of the molecule is COc1ccc(C(N)Cn2ncc(Cl)c2C)c(OC)c1. The first-order chi connectivity index (χ1) is 9.56. The van der Waals surface area contributed by atoms with Crippen molar-refractivity contribution in [3.8, 4) is 11.5 Å². The van der Waals surface area contributed by atoms with E-state index in [1.165, 1.54) is 0 Å². The van der Waals surface area contributed by atoms with E-state index < -0.39 is 0 Å². The van der Waals surface area contributed by atoms with Gasteiger partial charge in [0.25, 0.3) is 0 Å². The molecular weight excluding hydrogens is 278 g/mol. The van der Waals surface area contributed by atoms with Crippen LogP contribution in [-0.2, 0) is 6.54 Å². The first-order valence-electron chi connectivity index (χ1n) is 6.22. The predicted molar refractivity (Wildman–Crippen MR) is 78.4 cm³/mol. The van der Waals surface area contributed by atoms with Gasteiger partial charge in [-0.05, 0) is 13.0 Å². The second-order valence-corrected chi connectivity index (χ2v) is 4.88. The molecule has 5 nitrogen and oxygen atoms in total. The number of nitrogens with zero attached hydrogens (tertiary/aromatic N) is 2. The molecule has 6 heteroatoms. The number of halogens is 1. The van der Waals surface area contributed by atoms with Crippen molar-refractivity contribution >= 4 is 11.6 Å². The third-order valence-electron chi connectivity index (χ3n) is 3.25. The maximum atomic E-state index is 6.25. The van der Waals surface area contributed by atoms with Crippen molar-refractivity contribution in [2.45, 2.75) is 19.5 Å². The van der Waals surface area contributed by atoms with Gasteiger partial charge in [-0.15, -0.1) is 0 Å². The minimum absolute atomic E-state index is 0.245. The molecule has 0 fully saturated rings. The molecule has 1 aromatic heterocycles. The normalized spacial score (nSPS) is 12.2. The zero-order valence-corrected chi connectivity index (χ0v) is 12.5. The molecule has 1 heterocycles. The lowest BCUT2D eigenvalue weighted by Crippen LogP contribution is -2.19. The molecule has 0 aliphatic heterocycles. The van der Waals surface area contributed by atoms with Gasteiger partial charge in [0.05, 0.1) is 43.7 Å². The molecule has 20 heavy (non-hydrogen) atoms. The molecule has 0 radical (unpaired) electrons. The second kappa shape index (κ2) is 6.15. The van der Waals surface area contributed by atoms with Gasteiger partial charge in [0, 0.05) is 11.6 Å². The van der Waals surface area contributed by atoms with E-state index in [9.17, 15) is 0 Å². The Morgan fingerprint density at radius 1 is 1.35 bits per heavy atom. The minimum Gasteiger partial charge on any atom is -0.497 e. The van der Waals surface area contributed by atoms with E-state index in [2.05, 4.69) is 5.10 Å². The largest absolute Gasteiger partial charge is 0.497 e. The average molecular weight is 296 g/mol. The van der Waals surface area contributed by atoms with E-state index in [0.717, 1.165) is 17.0 Å². The van der Waals surface area contributed by atoms with Crippen LogP contribution >= 0.6 is 11.6 Å². The highest BCUT2D eigenvalue weighted by Gasteiger charge is 2.15. The van der Waals surface area contributed by atoms with Crippen molar-refractivity contribution in [3.05, 3.63) is 40.7 Å². The van der Waals surface area contributed by atoms with E-state index in [0.29, 0.717) is 17.3 Å². The fourth-order valence-corrected chi connectivity index (χ4v) is 2.16. The quantitative estimate of drug-likeness (QED) is 0.921. The van der Waals surface area contributed by atoms with Crippen LogP contribution in [0.25, 0.3) is 0 Å². The Morgan fingerprint density at radius 3 is 2.65 bits per heavy atom. The first kappa shape index (κ1) is 14.7. The summed E-state index contributed by atoms with van der Waals surface area (Å²) in [4.78, 5) is 0. The molecule has 0 saturated carbocycles. The maximum Gasteiger partial charge on any atom is 0.127 e. The van der Waals surface area contributed by atoms with Crippen LogP contribution < -0.4 is 15.2 Å². The predicted octanol–water partition coefficient (Wildman–Crippen LogP) is 2.56. The van der Waals surface area contributed by atoms with Crippen molar-refractivity contribution in [1.82, 2.24) is 9.78 Å².